The highest BCUT2D eigenvalue weighted by Crippen LogP contribution is 2.28. The van der Waals surface area contributed by atoms with E-state index in [1.54, 1.807) is 23.0 Å². The van der Waals surface area contributed by atoms with Crippen molar-refractivity contribution in [1.29, 1.82) is 0 Å². The Morgan fingerprint density at radius 3 is 2.48 bits per heavy atom. The highest BCUT2D eigenvalue weighted by molar-refractivity contribution is 5.94. The third-order valence-corrected chi connectivity index (χ3v) is 5.92. The topological polar surface area (TPSA) is 76.5 Å². The van der Waals surface area contributed by atoms with Gasteiger partial charge in [-0.15, -0.1) is 0 Å². The number of rotatable bonds is 8. The molecule has 7 heteroatoms. The fourth-order valence-corrected chi connectivity index (χ4v) is 4.06. The van der Waals surface area contributed by atoms with E-state index in [1.807, 2.05) is 61.3 Å². The minimum Gasteiger partial charge on any atom is -0.483 e. The van der Waals surface area contributed by atoms with Crippen LogP contribution in [0.1, 0.15) is 53.7 Å². The average molecular weight is 447 g/mol. The van der Waals surface area contributed by atoms with Gasteiger partial charge in [0.15, 0.2) is 6.61 Å². The lowest BCUT2D eigenvalue weighted by molar-refractivity contribution is -0.132. The molecule has 7 nitrogen and oxygen atoms in total. The molecule has 33 heavy (non-hydrogen) atoms. The molecule has 1 N–H and O–H groups in total. The van der Waals surface area contributed by atoms with Crippen molar-refractivity contribution in [3.8, 4) is 11.4 Å². The highest BCUT2D eigenvalue weighted by atomic mass is 16.5. The summed E-state index contributed by atoms with van der Waals surface area (Å²) in [6.45, 7) is 5.61. The number of benzene rings is 2. The molecule has 172 valence electrons. The van der Waals surface area contributed by atoms with Gasteiger partial charge in [-0.3, -0.25) is 9.59 Å². The Balaban J connectivity index is 1.43. The molecule has 0 aliphatic carbocycles. The smallest absolute Gasteiger partial charge is 0.260 e. The Hall–Kier alpha value is -3.61. The standard InChI is InChI=1S/C26H30N4O3/c1-3-23(22-8-4-5-9-24(22)33-18-25(31)29-14-6-7-15-29)28-26(32)20-10-12-21(13-11-20)30-17-19(2)16-27-30/h4-5,8-13,16-17,23H,3,6-7,14-15,18H2,1-2H3,(H,28,32). The SMILES string of the molecule is CCC(NC(=O)c1ccc(-n2cc(C)cn2)cc1)c1ccccc1OCC(=O)N1CCCC1. The van der Waals surface area contributed by atoms with Gasteiger partial charge < -0.3 is 15.0 Å². The zero-order valence-corrected chi connectivity index (χ0v) is 19.2. The van der Waals surface area contributed by atoms with E-state index in [0.29, 0.717) is 17.7 Å². The van der Waals surface area contributed by atoms with E-state index in [9.17, 15) is 9.59 Å². The number of hydrogen-bond acceptors (Lipinski definition) is 4. The summed E-state index contributed by atoms with van der Waals surface area (Å²) in [4.78, 5) is 27.2. The number of likely N-dealkylation sites (tertiary alicyclic amines) is 1. The fourth-order valence-electron chi connectivity index (χ4n) is 4.06. The van der Waals surface area contributed by atoms with Crippen LogP contribution >= 0.6 is 0 Å². The van der Waals surface area contributed by atoms with Crippen molar-refractivity contribution in [1.82, 2.24) is 20.0 Å². The van der Waals surface area contributed by atoms with Gasteiger partial charge in [0.1, 0.15) is 5.75 Å². The quantitative estimate of drug-likeness (QED) is 0.566. The number of ether oxygens (including phenoxy) is 1. The van der Waals surface area contributed by atoms with Gasteiger partial charge in [-0.25, -0.2) is 4.68 Å². The molecule has 1 atom stereocenters. The van der Waals surface area contributed by atoms with Crippen LogP contribution in [0.2, 0.25) is 0 Å². The number of nitrogens with one attached hydrogen (secondary N) is 1. The lowest BCUT2D eigenvalue weighted by Gasteiger charge is -2.22. The van der Waals surface area contributed by atoms with Crippen molar-refractivity contribution in [2.75, 3.05) is 19.7 Å². The summed E-state index contributed by atoms with van der Waals surface area (Å²) in [5.74, 6) is 0.474. The first-order valence-electron chi connectivity index (χ1n) is 11.5. The van der Waals surface area contributed by atoms with Crippen LogP contribution in [0.3, 0.4) is 0 Å². The number of nitrogens with zero attached hydrogens (tertiary/aromatic N) is 3. The van der Waals surface area contributed by atoms with Crippen molar-refractivity contribution < 1.29 is 14.3 Å². The van der Waals surface area contributed by atoms with Crippen molar-refractivity contribution in [3.05, 3.63) is 77.6 Å². The molecular formula is C26H30N4O3. The van der Waals surface area contributed by atoms with Gasteiger partial charge in [0.25, 0.3) is 11.8 Å². The molecule has 1 unspecified atom stereocenters. The van der Waals surface area contributed by atoms with Gasteiger partial charge in [0.2, 0.25) is 0 Å². The Bertz CT molecular complexity index is 1100. The summed E-state index contributed by atoms with van der Waals surface area (Å²) >= 11 is 0. The Morgan fingerprint density at radius 2 is 1.82 bits per heavy atom. The van der Waals surface area contributed by atoms with E-state index in [4.69, 9.17) is 4.74 Å². The van der Waals surface area contributed by atoms with Crippen LogP contribution in [0, 0.1) is 6.92 Å². The molecule has 2 heterocycles. The minimum atomic E-state index is -0.232. The number of hydrogen-bond donors (Lipinski definition) is 1. The van der Waals surface area contributed by atoms with Gasteiger partial charge in [-0.1, -0.05) is 25.1 Å². The Morgan fingerprint density at radius 1 is 1.09 bits per heavy atom. The molecule has 4 rings (SSSR count). The second kappa shape index (κ2) is 10.3. The maximum Gasteiger partial charge on any atom is 0.260 e. The number of carbonyl (C=O) groups is 2. The maximum absolute atomic E-state index is 13.0. The van der Waals surface area contributed by atoms with Crippen LogP contribution in [0.15, 0.2) is 60.9 Å². The molecule has 0 saturated carbocycles. The second-order valence-electron chi connectivity index (χ2n) is 8.36. The van der Waals surface area contributed by atoms with Gasteiger partial charge in [0, 0.05) is 30.4 Å². The van der Waals surface area contributed by atoms with Crippen molar-refractivity contribution >= 4 is 11.8 Å². The molecule has 0 bridgehead atoms. The summed E-state index contributed by atoms with van der Waals surface area (Å²) in [6.07, 6.45) is 6.53. The zero-order valence-electron chi connectivity index (χ0n) is 19.2. The predicted molar refractivity (Wildman–Crippen MR) is 127 cm³/mol. The van der Waals surface area contributed by atoms with Crippen LogP contribution in [0.4, 0.5) is 0 Å². The van der Waals surface area contributed by atoms with Crippen LogP contribution in [0.5, 0.6) is 5.75 Å². The first-order valence-corrected chi connectivity index (χ1v) is 11.5. The van der Waals surface area contributed by atoms with E-state index in [0.717, 1.165) is 42.7 Å². The molecule has 1 fully saturated rings. The maximum atomic E-state index is 13.0. The van der Waals surface area contributed by atoms with Gasteiger partial charge in [-0.05, 0) is 62.1 Å². The number of aryl methyl sites for hydroxylation is 1. The lowest BCUT2D eigenvalue weighted by atomic mass is 10.0. The molecule has 3 aromatic rings. The third kappa shape index (κ3) is 5.42. The molecular weight excluding hydrogens is 416 g/mol. The first kappa shape index (κ1) is 22.6. The van der Waals surface area contributed by atoms with Crippen LogP contribution in [-0.2, 0) is 4.79 Å². The fraction of sp³-hybridized carbons (Fsp3) is 0.346. The molecule has 1 aliphatic heterocycles. The Kier molecular flexibility index (Phi) is 7.07. The summed E-state index contributed by atoms with van der Waals surface area (Å²) in [6, 6.07) is 14.7. The van der Waals surface area contributed by atoms with E-state index >= 15 is 0 Å². The minimum absolute atomic E-state index is 0.00634. The summed E-state index contributed by atoms with van der Waals surface area (Å²) in [5, 5.41) is 7.41. The average Bonchev–Trinajstić information content (AvgIpc) is 3.53. The van der Waals surface area contributed by atoms with Gasteiger partial charge in [0.05, 0.1) is 17.9 Å². The molecule has 0 spiro atoms. The van der Waals surface area contributed by atoms with E-state index < -0.39 is 0 Å². The van der Waals surface area contributed by atoms with Crippen LogP contribution < -0.4 is 10.1 Å². The zero-order chi connectivity index (χ0) is 23.2. The summed E-state index contributed by atoms with van der Waals surface area (Å²) < 4.78 is 7.68. The Labute approximate surface area is 194 Å². The number of amides is 2. The number of aromatic nitrogens is 2. The normalized spacial score (nSPS) is 14.2. The number of carbonyl (C=O) groups excluding carboxylic acids is 2. The van der Waals surface area contributed by atoms with E-state index in [1.165, 1.54) is 0 Å². The molecule has 1 aliphatic rings. The summed E-state index contributed by atoms with van der Waals surface area (Å²) in [5.41, 5.74) is 3.41. The predicted octanol–water partition coefficient (Wildman–Crippen LogP) is 4.06. The highest BCUT2D eigenvalue weighted by Gasteiger charge is 2.21. The van der Waals surface area contributed by atoms with E-state index in [2.05, 4.69) is 10.4 Å². The summed E-state index contributed by atoms with van der Waals surface area (Å²) in [7, 11) is 0. The molecule has 2 aromatic carbocycles. The lowest BCUT2D eigenvalue weighted by Crippen LogP contribution is -2.32. The third-order valence-electron chi connectivity index (χ3n) is 5.92. The van der Waals surface area contributed by atoms with Crippen molar-refractivity contribution in [2.45, 2.75) is 39.2 Å². The van der Waals surface area contributed by atoms with Crippen LogP contribution in [0.25, 0.3) is 5.69 Å². The molecule has 2 amide bonds. The largest absolute Gasteiger partial charge is 0.483 e. The monoisotopic (exact) mass is 446 g/mol. The first-order chi connectivity index (χ1) is 16.0. The van der Waals surface area contributed by atoms with Crippen molar-refractivity contribution in [2.24, 2.45) is 0 Å². The molecule has 0 radical (unpaired) electrons. The van der Waals surface area contributed by atoms with Gasteiger partial charge >= 0.3 is 0 Å². The van der Waals surface area contributed by atoms with Gasteiger partial charge in [-0.2, -0.15) is 5.10 Å². The van der Waals surface area contributed by atoms with Crippen LogP contribution in [-0.4, -0.2) is 46.2 Å². The molecule has 1 saturated heterocycles. The molecule has 1 aromatic heterocycles. The second-order valence-corrected chi connectivity index (χ2v) is 8.36. The van der Waals surface area contributed by atoms with Crippen molar-refractivity contribution in [3.63, 3.8) is 0 Å². The number of para-hydroxylation sites is 1. The van der Waals surface area contributed by atoms with E-state index in [-0.39, 0.29) is 24.5 Å².